The Morgan fingerprint density at radius 3 is 3.00 bits per heavy atom. The van der Waals surface area contributed by atoms with Crippen LogP contribution in [0.4, 0.5) is 0 Å². The van der Waals surface area contributed by atoms with Crippen LogP contribution in [0.2, 0.25) is 0 Å². The lowest BCUT2D eigenvalue weighted by Crippen LogP contribution is -1.98. The Hall–Kier alpha value is -1.06. The van der Waals surface area contributed by atoms with E-state index in [1.54, 1.807) is 11.3 Å². The van der Waals surface area contributed by atoms with Crippen LogP contribution in [0.5, 0.6) is 0 Å². The van der Waals surface area contributed by atoms with Crippen LogP contribution in [-0.4, -0.2) is 9.67 Å². The van der Waals surface area contributed by atoms with Gasteiger partial charge in [0.25, 0.3) is 0 Å². The SMILES string of the molecule is CCC(O)c1ccn(CCc2cccs2)c1. The Bertz CT molecular complexity index is 419. The van der Waals surface area contributed by atoms with E-state index in [0.29, 0.717) is 0 Å². The van der Waals surface area contributed by atoms with Gasteiger partial charge in [0.1, 0.15) is 0 Å². The number of rotatable bonds is 5. The Labute approximate surface area is 100 Å². The first kappa shape index (κ1) is 11.4. The zero-order valence-corrected chi connectivity index (χ0v) is 10.3. The van der Waals surface area contributed by atoms with E-state index >= 15 is 0 Å². The van der Waals surface area contributed by atoms with Crippen molar-refractivity contribution in [2.24, 2.45) is 0 Å². The molecular weight excluding hydrogens is 218 g/mol. The van der Waals surface area contributed by atoms with Crippen molar-refractivity contribution in [2.45, 2.75) is 32.4 Å². The highest BCUT2D eigenvalue weighted by Gasteiger charge is 2.06. The molecule has 0 spiro atoms. The van der Waals surface area contributed by atoms with E-state index in [4.69, 9.17) is 0 Å². The molecule has 0 saturated carbocycles. The topological polar surface area (TPSA) is 25.2 Å². The van der Waals surface area contributed by atoms with E-state index in [0.717, 1.165) is 24.9 Å². The second-order valence-electron chi connectivity index (χ2n) is 3.94. The van der Waals surface area contributed by atoms with Crippen molar-refractivity contribution in [2.75, 3.05) is 0 Å². The highest BCUT2D eigenvalue weighted by molar-refractivity contribution is 7.09. The summed E-state index contributed by atoms with van der Waals surface area (Å²) in [6, 6.07) is 6.25. The van der Waals surface area contributed by atoms with Gasteiger partial charge >= 0.3 is 0 Å². The van der Waals surface area contributed by atoms with Crippen molar-refractivity contribution in [3.8, 4) is 0 Å². The molecule has 0 saturated heterocycles. The van der Waals surface area contributed by atoms with Gasteiger partial charge in [-0.3, -0.25) is 0 Å². The molecule has 0 amide bonds. The standard InChI is InChI=1S/C13H17NOS/c1-2-13(15)11-5-7-14(10-11)8-6-12-4-3-9-16-12/h3-5,7,9-10,13,15H,2,6,8H2,1H3. The van der Waals surface area contributed by atoms with Crippen molar-refractivity contribution in [3.63, 3.8) is 0 Å². The van der Waals surface area contributed by atoms with Gasteiger partial charge in [0.05, 0.1) is 6.10 Å². The van der Waals surface area contributed by atoms with Gasteiger partial charge in [-0.05, 0) is 35.9 Å². The number of hydrogen-bond donors (Lipinski definition) is 1. The number of aliphatic hydroxyl groups is 1. The van der Waals surface area contributed by atoms with E-state index in [2.05, 4.69) is 22.1 Å². The maximum atomic E-state index is 9.68. The summed E-state index contributed by atoms with van der Waals surface area (Å²) in [7, 11) is 0. The minimum absolute atomic E-state index is 0.317. The zero-order valence-electron chi connectivity index (χ0n) is 9.47. The Morgan fingerprint density at radius 2 is 2.31 bits per heavy atom. The molecule has 0 aliphatic heterocycles. The lowest BCUT2D eigenvalue weighted by atomic mass is 10.1. The molecule has 86 valence electrons. The van der Waals surface area contributed by atoms with Gasteiger partial charge in [-0.15, -0.1) is 11.3 Å². The van der Waals surface area contributed by atoms with Crippen LogP contribution in [0, 0.1) is 0 Å². The van der Waals surface area contributed by atoms with Crippen LogP contribution in [0.15, 0.2) is 36.0 Å². The zero-order chi connectivity index (χ0) is 11.4. The predicted molar refractivity (Wildman–Crippen MR) is 67.7 cm³/mol. The van der Waals surface area contributed by atoms with E-state index in [1.165, 1.54) is 4.88 Å². The van der Waals surface area contributed by atoms with Gasteiger partial charge in [-0.2, -0.15) is 0 Å². The molecule has 3 heteroatoms. The Morgan fingerprint density at radius 1 is 1.44 bits per heavy atom. The molecule has 2 nitrogen and oxygen atoms in total. The molecule has 2 rings (SSSR count). The van der Waals surface area contributed by atoms with Gasteiger partial charge in [-0.25, -0.2) is 0 Å². The summed E-state index contributed by atoms with van der Waals surface area (Å²) in [4.78, 5) is 1.41. The monoisotopic (exact) mass is 235 g/mol. The van der Waals surface area contributed by atoms with E-state index in [1.807, 2.05) is 25.4 Å². The van der Waals surface area contributed by atoms with Crippen LogP contribution < -0.4 is 0 Å². The molecule has 0 bridgehead atoms. The molecule has 1 unspecified atom stereocenters. The van der Waals surface area contributed by atoms with Crippen molar-refractivity contribution in [1.82, 2.24) is 4.57 Å². The number of hydrogen-bond acceptors (Lipinski definition) is 2. The van der Waals surface area contributed by atoms with Crippen LogP contribution in [0.25, 0.3) is 0 Å². The van der Waals surface area contributed by atoms with E-state index in [-0.39, 0.29) is 6.10 Å². The molecule has 0 aliphatic carbocycles. The number of aryl methyl sites for hydroxylation is 2. The first-order chi connectivity index (χ1) is 7.79. The minimum atomic E-state index is -0.317. The minimum Gasteiger partial charge on any atom is -0.388 e. The summed E-state index contributed by atoms with van der Waals surface area (Å²) in [5.41, 5.74) is 1.02. The van der Waals surface area contributed by atoms with Gasteiger partial charge < -0.3 is 9.67 Å². The average Bonchev–Trinajstić information content (AvgIpc) is 2.96. The lowest BCUT2D eigenvalue weighted by Gasteiger charge is -2.04. The molecule has 2 aromatic rings. The second kappa shape index (κ2) is 5.32. The highest BCUT2D eigenvalue weighted by Crippen LogP contribution is 2.17. The third kappa shape index (κ3) is 2.74. The quantitative estimate of drug-likeness (QED) is 0.845. The summed E-state index contributed by atoms with van der Waals surface area (Å²) < 4.78 is 2.15. The maximum Gasteiger partial charge on any atom is 0.0802 e. The number of nitrogens with zero attached hydrogens (tertiary/aromatic N) is 1. The summed E-state index contributed by atoms with van der Waals surface area (Å²) >= 11 is 1.80. The molecule has 1 atom stereocenters. The highest BCUT2D eigenvalue weighted by atomic mass is 32.1. The fourth-order valence-corrected chi connectivity index (χ4v) is 2.42. The lowest BCUT2D eigenvalue weighted by molar-refractivity contribution is 0.173. The number of aliphatic hydroxyl groups excluding tert-OH is 1. The number of thiophene rings is 1. The molecule has 0 radical (unpaired) electrons. The van der Waals surface area contributed by atoms with Crippen LogP contribution in [-0.2, 0) is 13.0 Å². The maximum absolute atomic E-state index is 9.68. The van der Waals surface area contributed by atoms with Gasteiger partial charge in [0.15, 0.2) is 0 Å². The third-order valence-electron chi connectivity index (χ3n) is 2.74. The first-order valence-electron chi connectivity index (χ1n) is 5.65. The van der Waals surface area contributed by atoms with Gasteiger partial charge in [0.2, 0.25) is 0 Å². The van der Waals surface area contributed by atoms with Crippen LogP contribution in [0.3, 0.4) is 0 Å². The van der Waals surface area contributed by atoms with Gasteiger partial charge in [0, 0.05) is 23.8 Å². The molecule has 1 N–H and O–H groups in total. The molecule has 0 fully saturated rings. The second-order valence-corrected chi connectivity index (χ2v) is 4.97. The van der Waals surface area contributed by atoms with E-state index < -0.39 is 0 Å². The first-order valence-corrected chi connectivity index (χ1v) is 6.53. The predicted octanol–water partition coefficient (Wildman–Crippen LogP) is 3.24. The van der Waals surface area contributed by atoms with Crippen LogP contribution in [0.1, 0.15) is 29.9 Å². The normalized spacial score (nSPS) is 12.9. The molecule has 2 heterocycles. The van der Waals surface area contributed by atoms with Crippen LogP contribution >= 0.6 is 11.3 Å². The fraction of sp³-hybridized carbons (Fsp3) is 0.385. The average molecular weight is 235 g/mol. The largest absolute Gasteiger partial charge is 0.388 e. The van der Waals surface area contributed by atoms with E-state index in [9.17, 15) is 5.11 Å². The summed E-state index contributed by atoms with van der Waals surface area (Å²) in [5, 5.41) is 11.8. The van der Waals surface area contributed by atoms with Crippen molar-refractivity contribution >= 4 is 11.3 Å². The molecule has 0 aromatic carbocycles. The van der Waals surface area contributed by atoms with Gasteiger partial charge in [-0.1, -0.05) is 13.0 Å². The number of aromatic nitrogens is 1. The summed E-state index contributed by atoms with van der Waals surface area (Å²) in [5.74, 6) is 0. The third-order valence-corrected chi connectivity index (χ3v) is 3.68. The summed E-state index contributed by atoms with van der Waals surface area (Å²) in [6.45, 7) is 2.98. The molecule has 2 aromatic heterocycles. The summed E-state index contributed by atoms with van der Waals surface area (Å²) in [6.07, 6.45) is 5.61. The molecule has 16 heavy (non-hydrogen) atoms. The van der Waals surface area contributed by atoms with Crippen molar-refractivity contribution in [1.29, 1.82) is 0 Å². The smallest absolute Gasteiger partial charge is 0.0802 e. The molecule has 0 aliphatic rings. The van der Waals surface area contributed by atoms with Crippen molar-refractivity contribution in [3.05, 3.63) is 46.4 Å². The Balaban J connectivity index is 1.93. The molecular formula is C13H17NOS. The fourth-order valence-electron chi connectivity index (χ4n) is 1.73. The van der Waals surface area contributed by atoms with Crippen molar-refractivity contribution < 1.29 is 5.11 Å². The Kier molecular flexibility index (Phi) is 3.80.